The average molecular weight is 321 g/mol. The summed E-state index contributed by atoms with van der Waals surface area (Å²) in [5, 5.41) is 0. The van der Waals surface area contributed by atoms with Gasteiger partial charge in [-0.05, 0) is 36.7 Å². The first-order chi connectivity index (χ1) is 10.5. The Morgan fingerprint density at radius 3 is 2.45 bits per heavy atom. The van der Waals surface area contributed by atoms with Gasteiger partial charge in [-0.15, -0.1) is 0 Å². The molecule has 2 aliphatic rings. The quantitative estimate of drug-likeness (QED) is 0.835. The maximum absolute atomic E-state index is 12.6. The molecule has 1 aromatic carbocycles. The molecule has 1 heterocycles. The summed E-state index contributed by atoms with van der Waals surface area (Å²) < 4.78 is 23.2. The van der Waals surface area contributed by atoms with Crippen LogP contribution in [0.3, 0.4) is 0 Å². The molecule has 3 rings (SSSR count). The first-order valence-corrected chi connectivity index (χ1v) is 9.79. The lowest BCUT2D eigenvalue weighted by molar-refractivity contribution is -0.132. The van der Waals surface area contributed by atoms with Gasteiger partial charge in [0.1, 0.15) is 0 Å². The Morgan fingerprint density at radius 2 is 1.91 bits per heavy atom. The Hall–Kier alpha value is -1.36. The minimum absolute atomic E-state index is 0.0721. The maximum Gasteiger partial charge on any atom is 0.223 e. The highest BCUT2D eigenvalue weighted by molar-refractivity contribution is 7.91. The second-order valence-electron chi connectivity index (χ2n) is 6.62. The third-order valence-corrected chi connectivity index (χ3v) is 6.71. The molecule has 1 aliphatic heterocycles. The van der Waals surface area contributed by atoms with E-state index in [1.54, 1.807) is 11.9 Å². The van der Waals surface area contributed by atoms with Crippen LogP contribution < -0.4 is 0 Å². The van der Waals surface area contributed by atoms with Gasteiger partial charge in [-0.2, -0.15) is 0 Å². The lowest BCUT2D eigenvalue weighted by atomic mass is 9.90. The Labute approximate surface area is 132 Å². The number of carbonyl (C=O) groups is 1. The monoisotopic (exact) mass is 321 g/mol. The Kier molecular flexibility index (Phi) is 4.26. The fourth-order valence-corrected chi connectivity index (χ4v) is 5.15. The van der Waals surface area contributed by atoms with Gasteiger partial charge < -0.3 is 4.90 Å². The SMILES string of the molecule is CN(C(=O)CC(c1ccccc1)C1CC1)C1CCS(=O)(=O)C1. The molecule has 0 aromatic heterocycles. The summed E-state index contributed by atoms with van der Waals surface area (Å²) in [7, 11) is -1.20. The minimum Gasteiger partial charge on any atom is -0.342 e. The molecule has 2 unspecified atom stereocenters. The molecule has 0 radical (unpaired) electrons. The average Bonchev–Trinajstić information content (AvgIpc) is 3.28. The van der Waals surface area contributed by atoms with Crippen LogP contribution in [0.5, 0.6) is 0 Å². The first kappa shape index (κ1) is 15.5. The largest absolute Gasteiger partial charge is 0.342 e. The second-order valence-corrected chi connectivity index (χ2v) is 8.85. The molecule has 1 amide bonds. The van der Waals surface area contributed by atoms with Crippen molar-refractivity contribution in [1.82, 2.24) is 4.90 Å². The van der Waals surface area contributed by atoms with E-state index < -0.39 is 9.84 Å². The summed E-state index contributed by atoms with van der Waals surface area (Å²) in [6, 6.07) is 10.1. The molecule has 5 heteroatoms. The van der Waals surface area contributed by atoms with Gasteiger partial charge in [-0.25, -0.2) is 8.42 Å². The van der Waals surface area contributed by atoms with Crippen molar-refractivity contribution in [2.75, 3.05) is 18.6 Å². The van der Waals surface area contributed by atoms with Crippen LogP contribution in [0.1, 0.15) is 37.2 Å². The second kappa shape index (κ2) is 6.03. The summed E-state index contributed by atoms with van der Waals surface area (Å²) in [4.78, 5) is 14.3. The summed E-state index contributed by atoms with van der Waals surface area (Å²) in [6.07, 6.45) is 3.44. The van der Waals surface area contributed by atoms with E-state index in [0.717, 1.165) is 0 Å². The molecule has 0 spiro atoms. The molecule has 1 aliphatic carbocycles. The molecule has 1 saturated heterocycles. The molecule has 1 saturated carbocycles. The van der Waals surface area contributed by atoms with E-state index >= 15 is 0 Å². The number of hydrogen-bond acceptors (Lipinski definition) is 3. The smallest absolute Gasteiger partial charge is 0.223 e. The predicted octanol–water partition coefficient (Wildman–Crippen LogP) is 2.22. The number of sulfone groups is 1. The van der Waals surface area contributed by atoms with Gasteiger partial charge in [0.2, 0.25) is 5.91 Å². The molecule has 1 aromatic rings. The number of carbonyl (C=O) groups excluding carboxylic acids is 1. The van der Waals surface area contributed by atoms with Gasteiger partial charge in [0, 0.05) is 19.5 Å². The number of nitrogens with zero attached hydrogens (tertiary/aromatic N) is 1. The van der Waals surface area contributed by atoms with Crippen molar-refractivity contribution in [2.45, 2.75) is 37.6 Å². The Bertz CT molecular complexity index is 637. The van der Waals surface area contributed by atoms with E-state index in [2.05, 4.69) is 12.1 Å². The van der Waals surface area contributed by atoms with Crippen molar-refractivity contribution in [3.05, 3.63) is 35.9 Å². The van der Waals surface area contributed by atoms with Gasteiger partial charge in [0.05, 0.1) is 11.5 Å². The van der Waals surface area contributed by atoms with Gasteiger partial charge in [0.15, 0.2) is 9.84 Å². The van der Waals surface area contributed by atoms with Crippen LogP contribution in [0.15, 0.2) is 30.3 Å². The van der Waals surface area contributed by atoms with E-state index in [-0.39, 0.29) is 29.4 Å². The molecular formula is C17H23NO3S. The highest BCUT2D eigenvalue weighted by atomic mass is 32.2. The highest BCUT2D eigenvalue weighted by Crippen LogP contribution is 2.44. The van der Waals surface area contributed by atoms with Crippen LogP contribution in [0.25, 0.3) is 0 Å². The standard InChI is InChI=1S/C17H23NO3S/c1-18(15-9-10-22(20,21)12-15)17(19)11-16(14-7-8-14)13-5-3-2-4-6-13/h2-6,14-16H,7-12H2,1H3. The minimum atomic E-state index is -2.95. The van der Waals surface area contributed by atoms with Gasteiger partial charge >= 0.3 is 0 Å². The van der Waals surface area contributed by atoms with Gasteiger partial charge in [-0.3, -0.25) is 4.79 Å². The molecule has 2 fully saturated rings. The highest BCUT2D eigenvalue weighted by Gasteiger charge is 2.37. The van der Waals surface area contributed by atoms with Crippen LogP contribution >= 0.6 is 0 Å². The van der Waals surface area contributed by atoms with E-state index in [4.69, 9.17) is 0 Å². The molecule has 0 N–H and O–H groups in total. The normalized spacial score (nSPS) is 24.9. The number of benzene rings is 1. The summed E-state index contributed by atoms with van der Waals surface area (Å²) >= 11 is 0. The zero-order valence-corrected chi connectivity index (χ0v) is 13.8. The van der Waals surface area contributed by atoms with E-state index in [9.17, 15) is 13.2 Å². The third-order valence-electron chi connectivity index (χ3n) is 4.96. The molecule has 120 valence electrons. The van der Waals surface area contributed by atoms with E-state index in [0.29, 0.717) is 18.8 Å². The molecular weight excluding hydrogens is 298 g/mol. The maximum atomic E-state index is 12.6. The number of amides is 1. The van der Waals surface area contributed by atoms with Crippen LogP contribution in [0.4, 0.5) is 0 Å². The molecule has 22 heavy (non-hydrogen) atoms. The van der Waals surface area contributed by atoms with Crippen molar-refractivity contribution in [3.8, 4) is 0 Å². The summed E-state index contributed by atoms with van der Waals surface area (Å²) in [6.45, 7) is 0. The topological polar surface area (TPSA) is 54.5 Å². The van der Waals surface area contributed by atoms with Crippen molar-refractivity contribution in [2.24, 2.45) is 5.92 Å². The van der Waals surface area contributed by atoms with Crippen LogP contribution in [0, 0.1) is 5.92 Å². The first-order valence-electron chi connectivity index (χ1n) is 7.97. The Balaban J connectivity index is 1.67. The summed E-state index contributed by atoms with van der Waals surface area (Å²) in [5.74, 6) is 1.28. The molecule has 2 atom stereocenters. The van der Waals surface area contributed by atoms with Crippen molar-refractivity contribution in [1.29, 1.82) is 0 Å². The third kappa shape index (κ3) is 3.51. The fraction of sp³-hybridized carbons (Fsp3) is 0.588. The molecule has 0 bridgehead atoms. The lowest BCUT2D eigenvalue weighted by Gasteiger charge is -2.26. The molecule has 4 nitrogen and oxygen atoms in total. The van der Waals surface area contributed by atoms with Crippen molar-refractivity contribution >= 4 is 15.7 Å². The predicted molar refractivity (Wildman–Crippen MR) is 86.4 cm³/mol. The van der Waals surface area contributed by atoms with Crippen LogP contribution in [-0.4, -0.2) is 43.8 Å². The Morgan fingerprint density at radius 1 is 1.23 bits per heavy atom. The van der Waals surface area contributed by atoms with E-state index in [1.807, 2.05) is 18.2 Å². The summed E-state index contributed by atoms with van der Waals surface area (Å²) in [5.41, 5.74) is 1.23. The van der Waals surface area contributed by atoms with Crippen LogP contribution in [0.2, 0.25) is 0 Å². The zero-order valence-electron chi connectivity index (χ0n) is 12.9. The van der Waals surface area contributed by atoms with Crippen molar-refractivity contribution < 1.29 is 13.2 Å². The van der Waals surface area contributed by atoms with Gasteiger partial charge in [0.25, 0.3) is 0 Å². The van der Waals surface area contributed by atoms with Crippen molar-refractivity contribution in [3.63, 3.8) is 0 Å². The number of rotatable bonds is 5. The van der Waals surface area contributed by atoms with E-state index in [1.165, 1.54) is 18.4 Å². The van der Waals surface area contributed by atoms with Gasteiger partial charge in [-0.1, -0.05) is 30.3 Å². The lowest BCUT2D eigenvalue weighted by Crippen LogP contribution is -2.38. The van der Waals surface area contributed by atoms with Crippen LogP contribution in [-0.2, 0) is 14.6 Å². The zero-order chi connectivity index (χ0) is 15.7. The number of hydrogen-bond donors (Lipinski definition) is 0. The fourth-order valence-electron chi connectivity index (χ4n) is 3.37.